The van der Waals surface area contributed by atoms with Gasteiger partial charge in [-0.3, -0.25) is 0 Å². The predicted molar refractivity (Wildman–Crippen MR) is 125 cm³/mol. The van der Waals surface area contributed by atoms with Crippen molar-refractivity contribution < 1.29 is 13.5 Å². The lowest BCUT2D eigenvalue weighted by molar-refractivity contribution is 0.286. The Bertz CT molecular complexity index is 727. The van der Waals surface area contributed by atoms with Crippen molar-refractivity contribution in [3.05, 3.63) is 42.0 Å². The fourth-order valence-electron chi connectivity index (χ4n) is 4.01. The summed E-state index contributed by atoms with van der Waals surface area (Å²) in [4.78, 5) is 0.299. The highest BCUT2D eigenvalue weighted by molar-refractivity contribution is 7.89. The van der Waals surface area contributed by atoms with Gasteiger partial charge in [-0.1, -0.05) is 101 Å². The molecular formula is C25H41NO3S. The lowest BCUT2D eigenvalue weighted by Crippen LogP contribution is -2.16. The number of unbranched alkanes of at least 4 members (excludes halogenated alkanes) is 11. The average molecular weight is 436 g/mol. The summed E-state index contributed by atoms with van der Waals surface area (Å²) in [6, 6.07) is 6.36. The molecule has 1 aromatic carbocycles. The molecule has 2 rings (SSSR count). The molecule has 0 bridgehead atoms. The van der Waals surface area contributed by atoms with E-state index in [1.165, 1.54) is 68.5 Å². The van der Waals surface area contributed by atoms with Gasteiger partial charge in [0.15, 0.2) is 0 Å². The first-order valence-electron chi connectivity index (χ1n) is 11.9. The molecule has 1 fully saturated rings. The van der Waals surface area contributed by atoms with Crippen molar-refractivity contribution in [2.75, 3.05) is 6.61 Å². The lowest BCUT2D eigenvalue weighted by Gasteiger charge is -2.06. The van der Waals surface area contributed by atoms with E-state index in [1.54, 1.807) is 12.1 Å². The standard InChI is InChI=1S/C25H41NO3S/c1-3-4-5-6-7-8-9-10-11-12-13-14-15-16-24-25(21-27)26(24)30(28,29)23-19-17-22(2)18-20-23/h15-20,24-25,27H,3-14,21H2,1-2H3/b16-15+/t24-,25-,26?/m0/s1. The van der Waals surface area contributed by atoms with Gasteiger partial charge in [-0.2, -0.15) is 4.31 Å². The maximum atomic E-state index is 12.8. The van der Waals surface area contributed by atoms with Crippen LogP contribution in [-0.4, -0.2) is 36.5 Å². The molecule has 1 heterocycles. The number of rotatable bonds is 16. The highest BCUT2D eigenvalue weighted by Gasteiger charge is 2.53. The van der Waals surface area contributed by atoms with E-state index in [0.29, 0.717) is 4.90 Å². The molecule has 1 aliphatic rings. The normalized spacial score (nSPS) is 21.4. The SMILES string of the molecule is CCCCCCCCCCCCC/C=C/[C@H]1[C@H](CO)N1S(=O)(=O)c1ccc(C)cc1. The maximum Gasteiger partial charge on any atom is 0.244 e. The van der Waals surface area contributed by atoms with Gasteiger partial charge in [0.25, 0.3) is 0 Å². The minimum absolute atomic E-state index is 0.140. The van der Waals surface area contributed by atoms with Crippen LogP contribution in [0.1, 0.15) is 89.5 Å². The second-order valence-electron chi connectivity index (χ2n) is 8.64. The predicted octanol–water partition coefficient (Wildman–Crippen LogP) is 5.99. The highest BCUT2D eigenvalue weighted by Crippen LogP contribution is 2.36. The third-order valence-corrected chi connectivity index (χ3v) is 7.95. The first-order valence-corrected chi connectivity index (χ1v) is 13.3. The van der Waals surface area contributed by atoms with E-state index in [-0.39, 0.29) is 18.7 Å². The number of nitrogens with zero attached hydrogens (tertiary/aromatic N) is 1. The Kier molecular flexibility index (Phi) is 11.1. The summed E-state index contributed by atoms with van der Waals surface area (Å²) >= 11 is 0. The molecule has 1 aromatic rings. The molecule has 1 N–H and O–H groups in total. The molecular weight excluding hydrogens is 394 g/mol. The van der Waals surface area contributed by atoms with Crippen LogP contribution in [0.4, 0.5) is 0 Å². The zero-order chi connectivity index (χ0) is 21.8. The third kappa shape index (κ3) is 7.82. The van der Waals surface area contributed by atoms with Crippen LogP contribution in [0, 0.1) is 6.92 Å². The molecule has 3 atom stereocenters. The number of aryl methyl sites for hydroxylation is 1. The molecule has 30 heavy (non-hydrogen) atoms. The lowest BCUT2D eigenvalue weighted by atomic mass is 10.1. The van der Waals surface area contributed by atoms with E-state index in [0.717, 1.165) is 18.4 Å². The Morgan fingerprint density at radius 2 is 1.43 bits per heavy atom. The Labute approximate surface area is 184 Å². The van der Waals surface area contributed by atoms with Gasteiger partial charge in [-0.15, -0.1) is 0 Å². The number of sulfonamides is 1. The fourth-order valence-corrected chi connectivity index (χ4v) is 5.76. The van der Waals surface area contributed by atoms with Crippen LogP contribution >= 0.6 is 0 Å². The first kappa shape index (κ1) is 25.1. The largest absolute Gasteiger partial charge is 0.395 e. The van der Waals surface area contributed by atoms with Crippen molar-refractivity contribution in [2.24, 2.45) is 0 Å². The van der Waals surface area contributed by atoms with Crippen LogP contribution in [0.25, 0.3) is 0 Å². The number of benzene rings is 1. The van der Waals surface area contributed by atoms with Crippen molar-refractivity contribution in [3.63, 3.8) is 0 Å². The molecule has 0 radical (unpaired) electrons. The second kappa shape index (κ2) is 13.3. The summed E-state index contributed by atoms with van der Waals surface area (Å²) in [6.45, 7) is 4.05. The topological polar surface area (TPSA) is 57.4 Å². The zero-order valence-electron chi connectivity index (χ0n) is 18.9. The molecule has 0 amide bonds. The van der Waals surface area contributed by atoms with Crippen molar-refractivity contribution >= 4 is 10.0 Å². The number of hydrogen-bond donors (Lipinski definition) is 1. The number of aliphatic hydroxyl groups excluding tert-OH is 1. The van der Waals surface area contributed by atoms with Gasteiger partial charge in [0.1, 0.15) is 0 Å². The van der Waals surface area contributed by atoms with Crippen molar-refractivity contribution in [1.29, 1.82) is 0 Å². The van der Waals surface area contributed by atoms with Gasteiger partial charge in [-0.25, -0.2) is 8.42 Å². The summed E-state index contributed by atoms with van der Waals surface area (Å²) in [5.74, 6) is 0. The smallest absolute Gasteiger partial charge is 0.244 e. The molecule has 1 saturated heterocycles. The number of aliphatic hydroxyl groups is 1. The molecule has 5 heteroatoms. The number of allylic oxidation sites excluding steroid dienone is 1. The van der Waals surface area contributed by atoms with Gasteiger partial charge in [-0.05, 0) is 31.9 Å². The Balaban J connectivity index is 1.61. The van der Waals surface area contributed by atoms with E-state index in [4.69, 9.17) is 0 Å². The molecule has 0 aromatic heterocycles. The van der Waals surface area contributed by atoms with Crippen molar-refractivity contribution in [1.82, 2.24) is 4.31 Å². The summed E-state index contributed by atoms with van der Waals surface area (Å²) in [6.07, 6.45) is 19.6. The van der Waals surface area contributed by atoms with Crippen LogP contribution in [0.15, 0.2) is 41.3 Å². The van der Waals surface area contributed by atoms with Gasteiger partial charge in [0.2, 0.25) is 10.0 Å². The van der Waals surface area contributed by atoms with E-state index in [2.05, 4.69) is 13.0 Å². The van der Waals surface area contributed by atoms with Crippen LogP contribution < -0.4 is 0 Å². The monoisotopic (exact) mass is 435 g/mol. The van der Waals surface area contributed by atoms with Gasteiger partial charge in [0, 0.05) is 0 Å². The van der Waals surface area contributed by atoms with Crippen LogP contribution in [0.3, 0.4) is 0 Å². The summed E-state index contributed by atoms with van der Waals surface area (Å²) in [7, 11) is -3.54. The van der Waals surface area contributed by atoms with Crippen molar-refractivity contribution in [2.45, 2.75) is 108 Å². The minimum Gasteiger partial charge on any atom is -0.395 e. The zero-order valence-corrected chi connectivity index (χ0v) is 19.7. The third-order valence-electron chi connectivity index (χ3n) is 6.02. The summed E-state index contributed by atoms with van der Waals surface area (Å²) < 4.78 is 27.0. The molecule has 0 spiro atoms. The van der Waals surface area contributed by atoms with E-state index >= 15 is 0 Å². The molecule has 0 aliphatic carbocycles. The first-order chi connectivity index (χ1) is 14.5. The van der Waals surface area contributed by atoms with E-state index in [9.17, 15) is 13.5 Å². The summed E-state index contributed by atoms with van der Waals surface area (Å²) in [5.41, 5.74) is 1.03. The van der Waals surface area contributed by atoms with Gasteiger partial charge >= 0.3 is 0 Å². The quantitative estimate of drug-likeness (QED) is 0.197. The Morgan fingerprint density at radius 1 is 0.900 bits per heavy atom. The fraction of sp³-hybridized carbons (Fsp3) is 0.680. The molecule has 1 unspecified atom stereocenters. The van der Waals surface area contributed by atoms with Crippen LogP contribution in [0.2, 0.25) is 0 Å². The molecule has 170 valence electrons. The van der Waals surface area contributed by atoms with E-state index < -0.39 is 10.0 Å². The van der Waals surface area contributed by atoms with Crippen LogP contribution in [0.5, 0.6) is 0 Å². The maximum absolute atomic E-state index is 12.8. The summed E-state index contributed by atoms with van der Waals surface area (Å²) in [5, 5.41) is 9.57. The average Bonchev–Trinajstić information content (AvgIpc) is 3.46. The van der Waals surface area contributed by atoms with Crippen LogP contribution in [-0.2, 0) is 10.0 Å². The minimum atomic E-state index is -3.54. The molecule has 4 nitrogen and oxygen atoms in total. The molecule has 0 saturated carbocycles. The van der Waals surface area contributed by atoms with E-state index in [1.807, 2.05) is 25.1 Å². The Morgan fingerprint density at radius 3 is 1.97 bits per heavy atom. The molecule has 1 aliphatic heterocycles. The highest BCUT2D eigenvalue weighted by atomic mass is 32.2. The van der Waals surface area contributed by atoms with Crippen molar-refractivity contribution in [3.8, 4) is 0 Å². The van der Waals surface area contributed by atoms with Gasteiger partial charge in [0.05, 0.1) is 23.6 Å². The van der Waals surface area contributed by atoms with Gasteiger partial charge < -0.3 is 5.11 Å². The second-order valence-corrected chi connectivity index (χ2v) is 10.5. The number of hydrogen-bond acceptors (Lipinski definition) is 3. The Hall–Kier alpha value is -1.17.